The van der Waals surface area contributed by atoms with Crippen LogP contribution in [0, 0.1) is 11.8 Å². The van der Waals surface area contributed by atoms with Gasteiger partial charge < -0.3 is 25.1 Å². The summed E-state index contributed by atoms with van der Waals surface area (Å²) < 4.78 is 17.6. The molecule has 0 unspecified atom stereocenters. The second-order valence-electron chi connectivity index (χ2n) is 10.7. The van der Waals surface area contributed by atoms with Crippen LogP contribution in [0.4, 0.5) is 0 Å². The lowest BCUT2D eigenvalue weighted by molar-refractivity contribution is -0.130. The SMILES string of the molecule is COCCCOc1cc(C[C@@H](C[C@H](N)[C@@H](O)CN(Cl)C(=O)C2(c3ccccc3)CC2)C(C)C)ccc1OC. The first kappa shape index (κ1) is 30.2. The molecule has 2 aromatic rings. The predicted octanol–water partition coefficient (Wildman–Crippen LogP) is 4.72. The molecule has 8 heteroatoms. The molecule has 38 heavy (non-hydrogen) atoms. The summed E-state index contributed by atoms with van der Waals surface area (Å²) >= 11 is 6.42. The number of halogens is 1. The molecule has 3 N–H and O–H groups in total. The van der Waals surface area contributed by atoms with Crippen molar-refractivity contribution in [3.8, 4) is 11.5 Å². The van der Waals surface area contributed by atoms with E-state index in [9.17, 15) is 9.90 Å². The number of nitrogens with zero attached hydrogens (tertiary/aromatic N) is 1. The van der Waals surface area contributed by atoms with E-state index >= 15 is 0 Å². The molecule has 1 saturated carbocycles. The van der Waals surface area contributed by atoms with Crippen LogP contribution in [0.25, 0.3) is 0 Å². The van der Waals surface area contributed by atoms with Crippen LogP contribution in [-0.4, -0.2) is 61.6 Å². The van der Waals surface area contributed by atoms with E-state index in [1.165, 1.54) is 0 Å². The van der Waals surface area contributed by atoms with E-state index in [2.05, 4.69) is 13.8 Å². The predicted molar refractivity (Wildman–Crippen MR) is 151 cm³/mol. The van der Waals surface area contributed by atoms with Gasteiger partial charge in [0.25, 0.3) is 0 Å². The number of amides is 1. The number of rotatable bonds is 16. The van der Waals surface area contributed by atoms with Crippen molar-refractivity contribution in [3.05, 3.63) is 59.7 Å². The van der Waals surface area contributed by atoms with Crippen molar-refractivity contribution in [1.29, 1.82) is 0 Å². The number of carbonyl (C=O) groups is 1. The van der Waals surface area contributed by atoms with E-state index < -0.39 is 17.6 Å². The third-order valence-electron chi connectivity index (χ3n) is 7.54. The monoisotopic (exact) mass is 546 g/mol. The molecule has 210 valence electrons. The molecule has 0 radical (unpaired) electrons. The van der Waals surface area contributed by atoms with Crippen molar-refractivity contribution in [3.63, 3.8) is 0 Å². The zero-order valence-corrected chi connectivity index (χ0v) is 23.8. The minimum absolute atomic E-state index is 0.0110. The Labute approximate surface area is 232 Å². The molecule has 2 aromatic carbocycles. The molecule has 0 bridgehead atoms. The van der Waals surface area contributed by atoms with Gasteiger partial charge in [-0.15, -0.1) is 0 Å². The van der Waals surface area contributed by atoms with Crippen molar-refractivity contribution < 1.29 is 24.1 Å². The van der Waals surface area contributed by atoms with Crippen LogP contribution in [0.2, 0.25) is 0 Å². The summed E-state index contributed by atoms with van der Waals surface area (Å²) in [4.78, 5) is 13.2. The average molecular weight is 547 g/mol. The van der Waals surface area contributed by atoms with Gasteiger partial charge in [-0.25, -0.2) is 0 Å². The fourth-order valence-electron chi connectivity index (χ4n) is 4.87. The number of nitrogens with two attached hydrogens (primary N) is 1. The molecule has 1 aliphatic rings. The third-order valence-corrected chi connectivity index (χ3v) is 7.83. The Balaban J connectivity index is 1.59. The fourth-order valence-corrected chi connectivity index (χ4v) is 5.17. The Kier molecular flexibility index (Phi) is 11.3. The summed E-state index contributed by atoms with van der Waals surface area (Å²) in [6.45, 7) is 5.48. The highest BCUT2D eigenvalue weighted by Crippen LogP contribution is 2.49. The fraction of sp³-hybridized carbons (Fsp3) is 0.567. The van der Waals surface area contributed by atoms with Gasteiger partial charge in [0.2, 0.25) is 5.91 Å². The van der Waals surface area contributed by atoms with Gasteiger partial charge in [0, 0.05) is 38.0 Å². The van der Waals surface area contributed by atoms with Gasteiger partial charge in [0.05, 0.1) is 31.8 Å². The van der Waals surface area contributed by atoms with Gasteiger partial charge in [-0.3, -0.25) is 9.21 Å². The maximum absolute atomic E-state index is 13.2. The van der Waals surface area contributed by atoms with Crippen LogP contribution in [0.3, 0.4) is 0 Å². The Morgan fingerprint density at radius 1 is 1.11 bits per heavy atom. The first-order valence-electron chi connectivity index (χ1n) is 13.5. The number of methoxy groups -OCH3 is 2. The summed E-state index contributed by atoms with van der Waals surface area (Å²) in [5, 5.41) is 10.9. The topological polar surface area (TPSA) is 94.3 Å². The van der Waals surface area contributed by atoms with Crippen LogP contribution in [0.5, 0.6) is 11.5 Å². The number of hydrogen-bond acceptors (Lipinski definition) is 6. The number of benzene rings is 2. The molecule has 3 atom stereocenters. The van der Waals surface area contributed by atoms with Crippen molar-refractivity contribution >= 4 is 17.7 Å². The molecule has 0 aliphatic heterocycles. The minimum Gasteiger partial charge on any atom is -0.493 e. The number of hydrogen-bond donors (Lipinski definition) is 2. The first-order chi connectivity index (χ1) is 18.2. The molecular formula is C30H43ClN2O5. The molecule has 0 saturated heterocycles. The molecule has 7 nitrogen and oxygen atoms in total. The Bertz CT molecular complexity index is 1010. The average Bonchev–Trinajstić information content (AvgIpc) is 3.73. The van der Waals surface area contributed by atoms with E-state index in [0.29, 0.717) is 37.1 Å². The number of aliphatic hydroxyl groups is 1. The van der Waals surface area contributed by atoms with Crippen molar-refractivity contribution in [2.75, 3.05) is 34.0 Å². The van der Waals surface area contributed by atoms with Crippen LogP contribution < -0.4 is 15.2 Å². The van der Waals surface area contributed by atoms with Gasteiger partial charge in [-0.2, -0.15) is 0 Å². The normalized spacial score (nSPS) is 16.5. The van der Waals surface area contributed by atoms with Gasteiger partial charge >= 0.3 is 0 Å². The van der Waals surface area contributed by atoms with Crippen LogP contribution >= 0.6 is 11.8 Å². The number of carbonyl (C=O) groups excluding carboxylic acids is 1. The van der Waals surface area contributed by atoms with Crippen molar-refractivity contribution in [1.82, 2.24) is 4.42 Å². The van der Waals surface area contributed by atoms with Gasteiger partial charge in [-0.1, -0.05) is 50.2 Å². The van der Waals surface area contributed by atoms with E-state index in [4.69, 9.17) is 31.7 Å². The maximum Gasteiger partial charge on any atom is 0.247 e. The van der Waals surface area contributed by atoms with E-state index in [-0.39, 0.29) is 18.4 Å². The second kappa shape index (κ2) is 14.2. The lowest BCUT2D eigenvalue weighted by atomic mass is 9.83. The van der Waals surface area contributed by atoms with Crippen molar-refractivity contribution in [2.45, 2.75) is 63.5 Å². The molecule has 0 heterocycles. The standard InChI is InChI=1S/C30H43ClN2O5/c1-21(2)23(17-22-11-12-27(37-4)28(18-22)38-16-8-15-36-3)19-25(32)26(34)20-33(31)29(35)30(13-14-30)24-9-6-5-7-10-24/h5-7,9-12,18,21,23,25-26,34H,8,13-17,19-20,32H2,1-4H3/t23-,25-,26-/m0/s1. The Morgan fingerprint density at radius 3 is 2.42 bits per heavy atom. The smallest absolute Gasteiger partial charge is 0.247 e. The molecule has 1 aliphatic carbocycles. The summed E-state index contributed by atoms with van der Waals surface area (Å²) in [5.74, 6) is 1.77. The van der Waals surface area contributed by atoms with Crippen LogP contribution in [0.1, 0.15) is 50.7 Å². The summed E-state index contributed by atoms with van der Waals surface area (Å²) in [5.41, 5.74) is 7.96. The van der Waals surface area contributed by atoms with E-state index in [0.717, 1.165) is 41.2 Å². The summed E-state index contributed by atoms with van der Waals surface area (Å²) in [6, 6.07) is 15.2. The van der Waals surface area contributed by atoms with E-state index in [1.807, 2.05) is 48.5 Å². The van der Waals surface area contributed by atoms with Crippen LogP contribution in [0.15, 0.2) is 48.5 Å². The molecule has 1 fully saturated rings. The third kappa shape index (κ3) is 7.85. The zero-order valence-electron chi connectivity index (χ0n) is 23.1. The highest BCUT2D eigenvalue weighted by Gasteiger charge is 2.53. The zero-order chi connectivity index (χ0) is 27.7. The largest absolute Gasteiger partial charge is 0.493 e. The highest BCUT2D eigenvalue weighted by molar-refractivity contribution is 6.23. The van der Waals surface area contributed by atoms with Gasteiger partial charge in [0.1, 0.15) is 0 Å². The van der Waals surface area contributed by atoms with Gasteiger partial charge in [-0.05, 0) is 60.8 Å². The highest BCUT2D eigenvalue weighted by atomic mass is 35.5. The minimum atomic E-state index is -0.931. The molecule has 0 spiro atoms. The summed E-state index contributed by atoms with van der Waals surface area (Å²) in [6.07, 6.45) is 2.75. The number of ether oxygens (including phenoxy) is 3. The van der Waals surface area contributed by atoms with Crippen LogP contribution in [-0.2, 0) is 21.4 Å². The molecule has 0 aromatic heterocycles. The quantitative estimate of drug-likeness (QED) is 0.234. The number of aliphatic hydroxyl groups excluding tert-OH is 1. The van der Waals surface area contributed by atoms with Crippen molar-refractivity contribution in [2.24, 2.45) is 17.6 Å². The maximum atomic E-state index is 13.2. The lowest BCUT2D eigenvalue weighted by Gasteiger charge is -2.29. The first-order valence-corrected chi connectivity index (χ1v) is 13.8. The molecule has 3 rings (SSSR count). The Hall–Kier alpha value is -2.32. The molecule has 1 amide bonds. The molecular weight excluding hydrogens is 504 g/mol. The van der Waals surface area contributed by atoms with E-state index in [1.54, 1.807) is 14.2 Å². The lowest BCUT2D eigenvalue weighted by Crippen LogP contribution is -2.46. The second-order valence-corrected chi connectivity index (χ2v) is 11.1. The van der Waals surface area contributed by atoms with Gasteiger partial charge in [0.15, 0.2) is 11.5 Å². The Morgan fingerprint density at radius 2 is 1.82 bits per heavy atom. The summed E-state index contributed by atoms with van der Waals surface area (Å²) in [7, 11) is 3.30.